The summed E-state index contributed by atoms with van der Waals surface area (Å²) in [6.07, 6.45) is -3.99. The lowest BCUT2D eigenvalue weighted by Crippen LogP contribution is -2.63. The number of amides is 2. The van der Waals surface area contributed by atoms with Crippen LogP contribution in [0.1, 0.15) is 18.9 Å². The molecule has 1 aromatic rings. The Balaban J connectivity index is 2.62. The van der Waals surface area contributed by atoms with Crippen LogP contribution in [0.4, 0.5) is 13.2 Å². The van der Waals surface area contributed by atoms with Gasteiger partial charge in [0.25, 0.3) is 5.91 Å². The van der Waals surface area contributed by atoms with Crippen LogP contribution < -0.4 is 5.32 Å². The number of benzene rings is 1. The fourth-order valence-corrected chi connectivity index (χ4v) is 2.29. The zero-order valence-corrected chi connectivity index (χ0v) is 12.9. The van der Waals surface area contributed by atoms with E-state index < -0.39 is 23.7 Å². The van der Waals surface area contributed by atoms with Crippen LogP contribution in [0, 0.1) is 0 Å². The van der Waals surface area contributed by atoms with Gasteiger partial charge >= 0.3 is 11.8 Å². The van der Waals surface area contributed by atoms with Gasteiger partial charge in [-0.2, -0.15) is 13.2 Å². The van der Waals surface area contributed by atoms with Crippen molar-refractivity contribution in [3.8, 4) is 0 Å². The first kappa shape index (κ1) is 17.7. The van der Waals surface area contributed by atoms with Crippen molar-refractivity contribution in [1.29, 1.82) is 0 Å². The second-order valence-corrected chi connectivity index (χ2v) is 5.12. The van der Waals surface area contributed by atoms with Crippen LogP contribution in [-0.4, -0.2) is 40.9 Å². The van der Waals surface area contributed by atoms with E-state index in [2.05, 4.69) is 11.6 Å². The number of aliphatic imine (C=N–C) groups is 1. The molecule has 2 amide bonds. The summed E-state index contributed by atoms with van der Waals surface area (Å²) in [6, 6.07) is 8.00. The van der Waals surface area contributed by atoms with E-state index in [1.165, 1.54) is 25.1 Å². The zero-order valence-electron chi connectivity index (χ0n) is 12.9. The number of halogens is 3. The van der Waals surface area contributed by atoms with E-state index in [0.29, 0.717) is 5.56 Å². The highest BCUT2D eigenvalue weighted by molar-refractivity contribution is 6.16. The summed E-state index contributed by atoms with van der Waals surface area (Å²) < 4.78 is 41.0. The van der Waals surface area contributed by atoms with Crippen molar-refractivity contribution in [1.82, 2.24) is 10.2 Å². The normalized spacial score (nSPS) is 20.8. The van der Waals surface area contributed by atoms with E-state index >= 15 is 0 Å². The number of nitrogens with zero attached hydrogens (tertiary/aromatic N) is 2. The molecule has 0 aliphatic carbocycles. The molecule has 24 heavy (non-hydrogen) atoms. The molecule has 1 aromatic carbocycles. The summed E-state index contributed by atoms with van der Waals surface area (Å²) in [7, 11) is 0. The van der Waals surface area contributed by atoms with Gasteiger partial charge < -0.3 is 5.32 Å². The van der Waals surface area contributed by atoms with Gasteiger partial charge in [0.2, 0.25) is 5.91 Å². The first-order valence-corrected chi connectivity index (χ1v) is 7.22. The standard InChI is InChI=1S/C16H16F3N3O2/c1-3-10-22-13(11-8-6-5-7-9-11)21-15(14(22)24,16(17,18)19)20-12(23)4-2/h3,5-9H,1,4,10H2,2H3,(H,20,23)/t15-/m0/s1. The largest absolute Gasteiger partial charge is 0.442 e. The lowest BCUT2D eigenvalue weighted by molar-refractivity contribution is -0.200. The molecule has 0 aromatic heterocycles. The number of alkyl halides is 3. The molecule has 1 aliphatic heterocycles. The molecule has 0 radical (unpaired) electrons. The van der Waals surface area contributed by atoms with Gasteiger partial charge in [0.15, 0.2) is 0 Å². The highest BCUT2D eigenvalue weighted by atomic mass is 19.4. The Morgan fingerprint density at radius 1 is 1.38 bits per heavy atom. The van der Waals surface area contributed by atoms with Gasteiger partial charge in [-0.1, -0.05) is 43.3 Å². The summed E-state index contributed by atoms with van der Waals surface area (Å²) in [5, 5.41) is 1.74. The van der Waals surface area contributed by atoms with Crippen molar-refractivity contribution in [3.05, 3.63) is 48.6 Å². The molecule has 128 valence electrons. The lowest BCUT2D eigenvalue weighted by atomic mass is 10.1. The van der Waals surface area contributed by atoms with E-state index in [0.717, 1.165) is 4.90 Å². The highest BCUT2D eigenvalue weighted by Crippen LogP contribution is 2.38. The Bertz CT molecular complexity index is 686. The van der Waals surface area contributed by atoms with Crippen LogP contribution in [0.25, 0.3) is 0 Å². The molecule has 0 saturated heterocycles. The molecule has 1 atom stereocenters. The fourth-order valence-electron chi connectivity index (χ4n) is 2.29. The number of hydrogen-bond acceptors (Lipinski definition) is 3. The van der Waals surface area contributed by atoms with Crippen molar-refractivity contribution in [3.63, 3.8) is 0 Å². The van der Waals surface area contributed by atoms with E-state index in [4.69, 9.17) is 0 Å². The predicted molar refractivity (Wildman–Crippen MR) is 82.1 cm³/mol. The Hall–Kier alpha value is -2.64. The second kappa shape index (κ2) is 6.46. The van der Waals surface area contributed by atoms with Crippen LogP contribution in [0.2, 0.25) is 0 Å². The fraction of sp³-hybridized carbons (Fsp3) is 0.312. The molecule has 1 aliphatic rings. The SMILES string of the molecule is C=CCN1C(=O)[C@@](NC(=O)CC)(C(F)(F)F)N=C1c1ccccc1. The molecule has 1 heterocycles. The predicted octanol–water partition coefficient (Wildman–Crippen LogP) is 2.25. The third-order valence-corrected chi connectivity index (χ3v) is 3.48. The van der Waals surface area contributed by atoms with Crippen LogP contribution in [0.3, 0.4) is 0 Å². The van der Waals surface area contributed by atoms with Gasteiger partial charge in [-0.15, -0.1) is 6.58 Å². The van der Waals surface area contributed by atoms with E-state index in [-0.39, 0.29) is 18.8 Å². The van der Waals surface area contributed by atoms with E-state index in [9.17, 15) is 22.8 Å². The number of rotatable bonds is 5. The third kappa shape index (κ3) is 2.91. The third-order valence-electron chi connectivity index (χ3n) is 3.48. The number of carbonyl (C=O) groups is 2. The molecule has 5 nitrogen and oxygen atoms in total. The minimum Gasteiger partial charge on any atom is -0.316 e. The van der Waals surface area contributed by atoms with Crippen LogP contribution in [0.5, 0.6) is 0 Å². The molecular formula is C16H16F3N3O2. The van der Waals surface area contributed by atoms with Crippen molar-refractivity contribution >= 4 is 17.6 Å². The molecular weight excluding hydrogens is 323 g/mol. The number of amidine groups is 1. The topological polar surface area (TPSA) is 61.8 Å². The van der Waals surface area contributed by atoms with Crippen molar-refractivity contribution in [2.24, 2.45) is 4.99 Å². The quantitative estimate of drug-likeness (QED) is 0.837. The van der Waals surface area contributed by atoms with Crippen molar-refractivity contribution in [2.75, 3.05) is 6.54 Å². The first-order valence-electron chi connectivity index (χ1n) is 7.22. The molecule has 0 fully saturated rings. The Labute approximate surface area is 136 Å². The summed E-state index contributed by atoms with van der Waals surface area (Å²) in [5.41, 5.74) is -2.97. The maximum Gasteiger partial charge on any atom is 0.442 e. The molecule has 0 bridgehead atoms. The zero-order chi connectivity index (χ0) is 18.0. The maximum absolute atomic E-state index is 13.7. The van der Waals surface area contributed by atoms with Gasteiger partial charge in [-0.3, -0.25) is 14.5 Å². The second-order valence-electron chi connectivity index (χ2n) is 5.12. The molecule has 8 heteroatoms. The lowest BCUT2D eigenvalue weighted by Gasteiger charge is -2.28. The average molecular weight is 339 g/mol. The van der Waals surface area contributed by atoms with Gasteiger partial charge in [0, 0.05) is 18.5 Å². The van der Waals surface area contributed by atoms with Crippen molar-refractivity contribution < 1.29 is 22.8 Å². The van der Waals surface area contributed by atoms with Crippen LogP contribution in [0.15, 0.2) is 48.0 Å². The van der Waals surface area contributed by atoms with Gasteiger partial charge in [-0.05, 0) is 0 Å². The summed E-state index contributed by atoms with van der Waals surface area (Å²) in [5.74, 6) is -2.43. The smallest absolute Gasteiger partial charge is 0.316 e. The molecule has 0 unspecified atom stereocenters. The Morgan fingerprint density at radius 3 is 2.50 bits per heavy atom. The van der Waals surface area contributed by atoms with E-state index in [1.807, 2.05) is 0 Å². The molecule has 0 spiro atoms. The minimum absolute atomic E-state index is 0.158. The number of hydrogen-bond donors (Lipinski definition) is 1. The van der Waals surface area contributed by atoms with Gasteiger partial charge in [-0.25, -0.2) is 4.99 Å². The number of nitrogens with one attached hydrogen (secondary N) is 1. The Kier molecular flexibility index (Phi) is 4.77. The maximum atomic E-state index is 13.7. The van der Waals surface area contributed by atoms with Gasteiger partial charge in [0.05, 0.1) is 0 Å². The monoisotopic (exact) mass is 339 g/mol. The highest BCUT2D eigenvalue weighted by Gasteiger charge is 2.66. The van der Waals surface area contributed by atoms with Crippen LogP contribution in [-0.2, 0) is 9.59 Å². The minimum atomic E-state index is -5.08. The van der Waals surface area contributed by atoms with E-state index in [1.54, 1.807) is 23.5 Å². The molecule has 2 rings (SSSR count). The molecule has 0 saturated carbocycles. The summed E-state index contributed by atoms with van der Waals surface area (Å²) in [6.45, 7) is 4.69. The van der Waals surface area contributed by atoms with Crippen molar-refractivity contribution in [2.45, 2.75) is 25.2 Å². The van der Waals surface area contributed by atoms with Crippen LogP contribution >= 0.6 is 0 Å². The summed E-state index contributed by atoms with van der Waals surface area (Å²) in [4.78, 5) is 28.6. The number of carbonyl (C=O) groups excluding carboxylic acids is 2. The molecule has 1 N–H and O–H groups in total. The van der Waals surface area contributed by atoms with Gasteiger partial charge in [0.1, 0.15) is 5.84 Å². The Morgan fingerprint density at radius 2 is 2.00 bits per heavy atom. The average Bonchev–Trinajstić information content (AvgIpc) is 2.82. The summed E-state index contributed by atoms with van der Waals surface area (Å²) >= 11 is 0. The first-order chi connectivity index (χ1) is 11.3.